The van der Waals surface area contributed by atoms with Gasteiger partial charge in [-0.1, -0.05) is 24.3 Å². The lowest BCUT2D eigenvalue weighted by Crippen LogP contribution is -2.45. The van der Waals surface area contributed by atoms with Crippen LogP contribution in [0.5, 0.6) is 11.6 Å². The number of piperidine rings is 1. The van der Waals surface area contributed by atoms with Crippen molar-refractivity contribution in [3.05, 3.63) is 54.2 Å². The van der Waals surface area contributed by atoms with E-state index in [1.54, 1.807) is 17.0 Å². The van der Waals surface area contributed by atoms with Crippen LogP contribution in [0.2, 0.25) is 0 Å². The van der Waals surface area contributed by atoms with E-state index in [4.69, 9.17) is 9.47 Å². The molecule has 1 aliphatic heterocycles. The topological polar surface area (TPSA) is 80.8 Å². The molecule has 1 aromatic heterocycles. The fourth-order valence-electron chi connectivity index (χ4n) is 3.51. The van der Waals surface area contributed by atoms with Gasteiger partial charge in [0.25, 0.3) is 0 Å². The van der Waals surface area contributed by atoms with Crippen molar-refractivity contribution in [3.8, 4) is 11.6 Å². The highest BCUT2D eigenvalue weighted by Gasteiger charge is 2.30. The quantitative estimate of drug-likeness (QED) is 0.615. The van der Waals surface area contributed by atoms with Crippen molar-refractivity contribution < 1.29 is 32.2 Å². The Morgan fingerprint density at radius 3 is 2.67 bits per heavy atom. The zero-order chi connectivity index (χ0) is 23.7. The van der Waals surface area contributed by atoms with Gasteiger partial charge in [0.2, 0.25) is 17.7 Å². The number of amides is 2. The van der Waals surface area contributed by atoms with Crippen LogP contribution in [-0.2, 0) is 16.1 Å². The Morgan fingerprint density at radius 2 is 1.91 bits per heavy atom. The second kappa shape index (κ2) is 11.5. The number of rotatable bonds is 9. The third-order valence-corrected chi connectivity index (χ3v) is 5.15. The van der Waals surface area contributed by atoms with E-state index in [0.29, 0.717) is 37.2 Å². The Balaban J connectivity index is 1.46. The Bertz CT molecular complexity index is 925. The third-order valence-electron chi connectivity index (χ3n) is 5.15. The highest BCUT2D eigenvalue weighted by molar-refractivity contribution is 5.81. The fraction of sp³-hybridized carbons (Fsp3) is 0.435. The number of nitrogens with zero attached hydrogens (tertiary/aromatic N) is 2. The van der Waals surface area contributed by atoms with Crippen molar-refractivity contribution in [1.82, 2.24) is 15.2 Å². The maximum absolute atomic E-state index is 12.7. The lowest BCUT2D eigenvalue weighted by molar-refractivity contribution is -0.154. The number of carbonyl (C=O) groups excluding carboxylic acids is 2. The number of likely N-dealkylation sites (tertiary alicyclic amines) is 1. The van der Waals surface area contributed by atoms with Crippen LogP contribution in [0.25, 0.3) is 0 Å². The SMILES string of the molecule is O=C(NCc1cccnc1OCC(F)(F)F)[C@@H]1CCCN(C(=O)CCOc2ccccc2)C1. The number of benzene rings is 1. The van der Waals surface area contributed by atoms with Crippen molar-refractivity contribution in [3.63, 3.8) is 0 Å². The molecule has 0 bridgehead atoms. The molecule has 2 aromatic rings. The molecule has 7 nitrogen and oxygen atoms in total. The highest BCUT2D eigenvalue weighted by atomic mass is 19.4. The van der Waals surface area contributed by atoms with Crippen LogP contribution in [0.4, 0.5) is 13.2 Å². The number of halogens is 3. The maximum atomic E-state index is 12.7. The molecule has 1 atom stereocenters. The third kappa shape index (κ3) is 7.96. The molecule has 1 N–H and O–H groups in total. The van der Waals surface area contributed by atoms with E-state index in [2.05, 4.69) is 10.3 Å². The first-order valence-corrected chi connectivity index (χ1v) is 10.7. The number of carbonyl (C=O) groups is 2. The molecule has 1 aromatic carbocycles. The van der Waals surface area contributed by atoms with Gasteiger partial charge in [-0.25, -0.2) is 4.98 Å². The van der Waals surface area contributed by atoms with Gasteiger partial charge in [0.1, 0.15) is 5.75 Å². The average molecular weight is 465 g/mol. The van der Waals surface area contributed by atoms with Crippen molar-refractivity contribution in [2.75, 3.05) is 26.3 Å². The lowest BCUT2D eigenvalue weighted by Gasteiger charge is -2.32. The zero-order valence-corrected chi connectivity index (χ0v) is 18.0. The standard InChI is InChI=1S/C23H26F3N3O4/c24-23(25,26)16-33-22-17(6-4-11-27-22)14-28-21(31)18-7-5-12-29(15-18)20(30)10-13-32-19-8-2-1-3-9-19/h1-4,6,8-9,11,18H,5,7,10,12-16H2,(H,28,31)/t18-/m1/s1. The summed E-state index contributed by atoms with van der Waals surface area (Å²) in [6, 6.07) is 12.3. The summed E-state index contributed by atoms with van der Waals surface area (Å²) in [4.78, 5) is 30.7. The van der Waals surface area contributed by atoms with Crippen LogP contribution in [0.1, 0.15) is 24.8 Å². The van der Waals surface area contributed by atoms with Crippen molar-refractivity contribution in [2.45, 2.75) is 32.0 Å². The Morgan fingerprint density at radius 1 is 1.12 bits per heavy atom. The average Bonchev–Trinajstić information content (AvgIpc) is 2.82. The molecule has 0 spiro atoms. The van der Waals surface area contributed by atoms with Gasteiger partial charge in [0.15, 0.2) is 6.61 Å². The number of nitrogens with one attached hydrogen (secondary N) is 1. The maximum Gasteiger partial charge on any atom is 0.422 e. The second-order valence-corrected chi connectivity index (χ2v) is 7.68. The van der Waals surface area contributed by atoms with Gasteiger partial charge in [-0.3, -0.25) is 9.59 Å². The van der Waals surface area contributed by atoms with E-state index in [0.717, 1.165) is 0 Å². The molecule has 33 heavy (non-hydrogen) atoms. The van der Waals surface area contributed by atoms with E-state index in [1.807, 2.05) is 30.3 Å². The molecule has 2 heterocycles. The monoisotopic (exact) mass is 465 g/mol. The van der Waals surface area contributed by atoms with Crippen LogP contribution < -0.4 is 14.8 Å². The number of alkyl halides is 3. The van der Waals surface area contributed by atoms with Gasteiger partial charge < -0.3 is 19.7 Å². The molecule has 1 saturated heterocycles. The van der Waals surface area contributed by atoms with Gasteiger partial charge in [0.05, 0.1) is 18.9 Å². The van der Waals surface area contributed by atoms with Crippen LogP contribution in [0.3, 0.4) is 0 Å². The van der Waals surface area contributed by atoms with Crippen molar-refractivity contribution >= 4 is 11.8 Å². The molecule has 0 saturated carbocycles. The summed E-state index contributed by atoms with van der Waals surface area (Å²) in [5, 5.41) is 2.73. The second-order valence-electron chi connectivity index (χ2n) is 7.68. The Hall–Kier alpha value is -3.30. The molecule has 3 rings (SSSR count). The smallest absolute Gasteiger partial charge is 0.422 e. The number of aromatic nitrogens is 1. The van der Waals surface area contributed by atoms with Gasteiger partial charge in [-0.05, 0) is 31.0 Å². The molecule has 0 radical (unpaired) electrons. The van der Waals surface area contributed by atoms with Gasteiger partial charge in [-0.2, -0.15) is 13.2 Å². The molecule has 10 heteroatoms. The van der Waals surface area contributed by atoms with Gasteiger partial charge in [0, 0.05) is 31.4 Å². The largest absolute Gasteiger partial charge is 0.493 e. The molecule has 2 amide bonds. The molecule has 1 aliphatic rings. The number of hydrogen-bond donors (Lipinski definition) is 1. The minimum atomic E-state index is -4.48. The minimum absolute atomic E-state index is 0.0186. The van der Waals surface area contributed by atoms with Crippen LogP contribution >= 0.6 is 0 Å². The summed E-state index contributed by atoms with van der Waals surface area (Å²) in [5.74, 6) is -0.227. The number of para-hydroxylation sites is 1. The molecule has 1 fully saturated rings. The predicted molar refractivity (Wildman–Crippen MR) is 113 cm³/mol. The number of ether oxygens (including phenoxy) is 2. The zero-order valence-electron chi connectivity index (χ0n) is 18.0. The highest BCUT2D eigenvalue weighted by Crippen LogP contribution is 2.21. The van der Waals surface area contributed by atoms with Gasteiger partial charge in [-0.15, -0.1) is 0 Å². The van der Waals surface area contributed by atoms with E-state index in [-0.39, 0.29) is 37.3 Å². The first kappa shape index (κ1) is 24.3. The van der Waals surface area contributed by atoms with Crippen LogP contribution in [-0.4, -0.2) is 54.2 Å². The first-order chi connectivity index (χ1) is 15.8. The minimum Gasteiger partial charge on any atom is -0.493 e. The molecule has 0 unspecified atom stereocenters. The summed E-state index contributed by atoms with van der Waals surface area (Å²) in [7, 11) is 0. The van der Waals surface area contributed by atoms with E-state index in [1.165, 1.54) is 6.20 Å². The van der Waals surface area contributed by atoms with E-state index in [9.17, 15) is 22.8 Å². The molecular formula is C23H26F3N3O4. The summed E-state index contributed by atoms with van der Waals surface area (Å²) in [6.45, 7) is -0.363. The summed E-state index contributed by atoms with van der Waals surface area (Å²) in [6.07, 6.45) is -1.64. The first-order valence-electron chi connectivity index (χ1n) is 10.7. The fourth-order valence-corrected chi connectivity index (χ4v) is 3.51. The van der Waals surface area contributed by atoms with Crippen molar-refractivity contribution in [2.24, 2.45) is 5.92 Å². The number of hydrogen-bond acceptors (Lipinski definition) is 5. The summed E-state index contributed by atoms with van der Waals surface area (Å²) >= 11 is 0. The predicted octanol–water partition coefficient (Wildman–Crippen LogP) is 3.35. The van der Waals surface area contributed by atoms with Crippen molar-refractivity contribution in [1.29, 1.82) is 0 Å². The van der Waals surface area contributed by atoms with Crippen LogP contribution in [0.15, 0.2) is 48.7 Å². The lowest BCUT2D eigenvalue weighted by atomic mass is 9.96. The van der Waals surface area contributed by atoms with Gasteiger partial charge >= 0.3 is 6.18 Å². The Kier molecular flexibility index (Phi) is 8.51. The van der Waals surface area contributed by atoms with E-state index < -0.39 is 18.7 Å². The molecule has 178 valence electrons. The normalized spacial score (nSPS) is 16.2. The summed E-state index contributed by atoms with van der Waals surface area (Å²) < 4.78 is 47.6. The Labute approximate surface area is 189 Å². The van der Waals surface area contributed by atoms with Crippen LogP contribution in [0, 0.1) is 5.92 Å². The molecular weight excluding hydrogens is 439 g/mol. The van der Waals surface area contributed by atoms with E-state index >= 15 is 0 Å². The molecule has 0 aliphatic carbocycles. The number of pyridine rings is 1. The summed E-state index contributed by atoms with van der Waals surface area (Å²) in [5.41, 5.74) is 0.344.